The third-order valence-corrected chi connectivity index (χ3v) is 2.52. The first kappa shape index (κ1) is 11.0. The average Bonchev–Trinajstić information content (AvgIpc) is 3.12. The van der Waals surface area contributed by atoms with Crippen LogP contribution in [0.3, 0.4) is 0 Å². The molecule has 1 saturated carbocycles. The number of nitrogens with one attached hydrogen (secondary N) is 2. The van der Waals surface area contributed by atoms with E-state index in [1.807, 2.05) is 6.07 Å². The summed E-state index contributed by atoms with van der Waals surface area (Å²) in [6, 6.07) is 1.83. The van der Waals surface area contributed by atoms with Gasteiger partial charge in [0.2, 0.25) is 5.91 Å². The van der Waals surface area contributed by atoms with Gasteiger partial charge in [0.05, 0.1) is 12.2 Å². The lowest BCUT2D eigenvalue weighted by Gasteiger charge is -2.05. The van der Waals surface area contributed by atoms with Gasteiger partial charge in [-0.05, 0) is 24.8 Å². The molecule has 0 bridgehead atoms. The summed E-state index contributed by atoms with van der Waals surface area (Å²) in [5.74, 6) is 0.784. The number of hydrogen-bond acceptors (Lipinski definition) is 4. The van der Waals surface area contributed by atoms with Crippen LogP contribution in [0.4, 0.5) is 0 Å². The highest BCUT2D eigenvalue weighted by Gasteiger charge is 2.21. The Morgan fingerprint density at radius 2 is 2.38 bits per heavy atom. The second kappa shape index (κ2) is 5.55. The van der Waals surface area contributed by atoms with Crippen LogP contribution in [0.1, 0.15) is 18.5 Å². The lowest BCUT2D eigenvalue weighted by Crippen LogP contribution is -2.34. The van der Waals surface area contributed by atoms with Crippen molar-refractivity contribution in [3.05, 3.63) is 24.3 Å². The molecule has 5 heteroatoms. The maximum atomic E-state index is 11.4. The molecule has 2 N–H and O–H groups in total. The molecule has 1 aliphatic rings. The van der Waals surface area contributed by atoms with Gasteiger partial charge in [-0.1, -0.05) is 0 Å². The van der Waals surface area contributed by atoms with Crippen LogP contribution in [-0.4, -0.2) is 29.0 Å². The predicted molar refractivity (Wildman–Crippen MR) is 59.5 cm³/mol. The molecule has 0 saturated heterocycles. The molecule has 0 unspecified atom stereocenters. The van der Waals surface area contributed by atoms with Gasteiger partial charge in [-0.2, -0.15) is 0 Å². The van der Waals surface area contributed by atoms with Gasteiger partial charge in [0.15, 0.2) is 0 Å². The number of carbonyl (C=O) groups is 1. The molecule has 16 heavy (non-hydrogen) atoms. The van der Waals surface area contributed by atoms with Gasteiger partial charge in [-0.15, -0.1) is 0 Å². The Kier molecular flexibility index (Phi) is 3.82. The summed E-state index contributed by atoms with van der Waals surface area (Å²) in [7, 11) is 0. The van der Waals surface area contributed by atoms with E-state index in [4.69, 9.17) is 0 Å². The van der Waals surface area contributed by atoms with Gasteiger partial charge < -0.3 is 10.6 Å². The number of carbonyl (C=O) groups excluding carboxylic acids is 1. The zero-order chi connectivity index (χ0) is 11.2. The molecule has 0 radical (unpaired) electrons. The predicted octanol–water partition coefficient (Wildman–Crippen LogP) is 0.0924. The third-order valence-electron chi connectivity index (χ3n) is 2.52. The number of nitrogens with zero attached hydrogens (tertiary/aromatic N) is 2. The summed E-state index contributed by atoms with van der Waals surface area (Å²) in [5.41, 5.74) is 0.894. The van der Waals surface area contributed by atoms with E-state index in [2.05, 4.69) is 20.6 Å². The Morgan fingerprint density at radius 1 is 1.50 bits per heavy atom. The van der Waals surface area contributed by atoms with Crippen molar-refractivity contribution < 1.29 is 4.79 Å². The summed E-state index contributed by atoms with van der Waals surface area (Å²) in [6.07, 6.45) is 5.71. The van der Waals surface area contributed by atoms with Crippen molar-refractivity contribution in [1.82, 2.24) is 20.6 Å². The second-order valence-electron chi connectivity index (χ2n) is 4.05. The van der Waals surface area contributed by atoms with Crippen molar-refractivity contribution in [2.24, 2.45) is 5.92 Å². The zero-order valence-corrected chi connectivity index (χ0v) is 9.15. The summed E-state index contributed by atoms with van der Waals surface area (Å²) >= 11 is 0. The SMILES string of the molecule is O=C(CNCc1ccncn1)NCC1CC1. The van der Waals surface area contributed by atoms with Crippen molar-refractivity contribution in [1.29, 1.82) is 0 Å². The molecule has 0 spiro atoms. The minimum atomic E-state index is 0.0564. The Balaban J connectivity index is 1.58. The van der Waals surface area contributed by atoms with Gasteiger partial charge in [0.25, 0.3) is 0 Å². The van der Waals surface area contributed by atoms with Crippen molar-refractivity contribution >= 4 is 5.91 Å². The van der Waals surface area contributed by atoms with Crippen molar-refractivity contribution in [3.8, 4) is 0 Å². The minimum Gasteiger partial charge on any atom is -0.355 e. The standard InChI is InChI=1S/C11H16N4O/c16-11(14-5-9-1-2-9)7-13-6-10-3-4-12-8-15-10/h3-4,8-9,13H,1-2,5-7H2,(H,14,16). The first-order chi connectivity index (χ1) is 7.84. The fraction of sp³-hybridized carbons (Fsp3) is 0.545. The van der Waals surface area contributed by atoms with Crippen LogP contribution in [0.15, 0.2) is 18.6 Å². The van der Waals surface area contributed by atoms with E-state index in [9.17, 15) is 4.79 Å². The van der Waals surface area contributed by atoms with Crippen LogP contribution in [0.2, 0.25) is 0 Å². The molecule has 1 aromatic rings. The van der Waals surface area contributed by atoms with E-state index in [0.717, 1.165) is 18.2 Å². The van der Waals surface area contributed by atoms with Gasteiger partial charge in [0, 0.05) is 19.3 Å². The Hall–Kier alpha value is -1.49. The van der Waals surface area contributed by atoms with Crippen molar-refractivity contribution in [3.63, 3.8) is 0 Å². The largest absolute Gasteiger partial charge is 0.355 e. The van der Waals surface area contributed by atoms with E-state index in [1.165, 1.54) is 19.2 Å². The normalized spacial score (nSPS) is 14.8. The first-order valence-corrected chi connectivity index (χ1v) is 5.57. The van der Waals surface area contributed by atoms with Crippen LogP contribution in [0.5, 0.6) is 0 Å². The molecule has 1 amide bonds. The number of aromatic nitrogens is 2. The molecule has 2 rings (SSSR count). The fourth-order valence-corrected chi connectivity index (χ4v) is 1.37. The summed E-state index contributed by atoms with van der Waals surface area (Å²) < 4.78 is 0. The van der Waals surface area contributed by atoms with Crippen LogP contribution in [0.25, 0.3) is 0 Å². The van der Waals surface area contributed by atoms with E-state index in [0.29, 0.717) is 13.1 Å². The van der Waals surface area contributed by atoms with Gasteiger partial charge in [-0.25, -0.2) is 9.97 Å². The second-order valence-corrected chi connectivity index (χ2v) is 4.05. The molecular weight excluding hydrogens is 204 g/mol. The third kappa shape index (κ3) is 3.94. The number of amides is 1. The molecule has 1 aromatic heterocycles. The summed E-state index contributed by atoms with van der Waals surface area (Å²) in [6.45, 7) is 1.77. The van der Waals surface area contributed by atoms with Crippen LogP contribution < -0.4 is 10.6 Å². The van der Waals surface area contributed by atoms with Crippen LogP contribution in [-0.2, 0) is 11.3 Å². The number of rotatable bonds is 6. The molecule has 86 valence electrons. The highest BCUT2D eigenvalue weighted by molar-refractivity contribution is 5.77. The lowest BCUT2D eigenvalue weighted by atomic mass is 10.4. The van der Waals surface area contributed by atoms with Gasteiger partial charge in [0.1, 0.15) is 6.33 Å². The zero-order valence-electron chi connectivity index (χ0n) is 9.15. The van der Waals surface area contributed by atoms with Crippen molar-refractivity contribution in [2.45, 2.75) is 19.4 Å². The topological polar surface area (TPSA) is 66.9 Å². The number of hydrogen-bond donors (Lipinski definition) is 2. The maximum Gasteiger partial charge on any atom is 0.233 e. The van der Waals surface area contributed by atoms with E-state index < -0.39 is 0 Å². The molecule has 5 nitrogen and oxygen atoms in total. The molecule has 1 heterocycles. The monoisotopic (exact) mass is 220 g/mol. The molecule has 0 aromatic carbocycles. The highest BCUT2D eigenvalue weighted by Crippen LogP contribution is 2.27. The average molecular weight is 220 g/mol. The van der Waals surface area contributed by atoms with Gasteiger partial charge >= 0.3 is 0 Å². The maximum absolute atomic E-state index is 11.4. The highest BCUT2D eigenvalue weighted by atomic mass is 16.1. The van der Waals surface area contributed by atoms with Gasteiger partial charge in [-0.3, -0.25) is 4.79 Å². The lowest BCUT2D eigenvalue weighted by molar-refractivity contribution is -0.120. The van der Waals surface area contributed by atoms with E-state index >= 15 is 0 Å². The first-order valence-electron chi connectivity index (χ1n) is 5.57. The Labute approximate surface area is 94.7 Å². The quantitative estimate of drug-likeness (QED) is 0.713. The summed E-state index contributed by atoms with van der Waals surface area (Å²) in [5, 5.41) is 5.94. The Morgan fingerprint density at radius 3 is 3.06 bits per heavy atom. The summed E-state index contributed by atoms with van der Waals surface area (Å²) in [4.78, 5) is 19.2. The molecule has 0 aliphatic heterocycles. The minimum absolute atomic E-state index is 0.0564. The van der Waals surface area contributed by atoms with Crippen molar-refractivity contribution in [2.75, 3.05) is 13.1 Å². The molecule has 1 aliphatic carbocycles. The fourth-order valence-electron chi connectivity index (χ4n) is 1.37. The van der Waals surface area contributed by atoms with Crippen LogP contribution in [0, 0.1) is 5.92 Å². The molecular formula is C11H16N4O. The van der Waals surface area contributed by atoms with E-state index in [1.54, 1.807) is 6.20 Å². The van der Waals surface area contributed by atoms with Crippen LogP contribution >= 0.6 is 0 Å². The molecule has 0 atom stereocenters. The Bertz CT molecular complexity index is 337. The van der Waals surface area contributed by atoms with E-state index in [-0.39, 0.29) is 5.91 Å². The smallest absolute Gasteiger partial charge is 0.233 e. The molecule has 1 fully saturated rings.